The maximum atomic E-state index is 11.8. The Morgan fingerprint density at radius 1 is 1.33 bits per heavy atom. The molecule has 0 unspecified atom stereocenters. The largest absolute Gasteiger partial charge is 0.492 e. The second-order valence-electron chi connectivity index (χ2n) is 4.65. The van der Waals surface area contributed by atoms with Crippen LogP contribution in [-0.2, 0) is 0 Å². The van der Waals surface area contributed by atoms with Crippen LogP contribution in [0.1, 0.15) is 37.6 Å². The molecule has 18 heavy (non-hydrogen) atoms. The number of carbonyl (C=O) groups is 1. The number of rotatable bonds is 8. The Labute approximate surface area is 110 Å². The number of benzene rings is 1. The number of hydrogen-bond donors (Lipinski definition) is 1. The Hall–Kier alpha value is -1.35. The van der Waals surface area contributed by atoms with E-state index in [9.17, 15) is 4.79 Å². The van der Waals surface area contributed by atoms with Gasteiger partial charge in [-0.25, -0.2) is 0 Å². The fourth-order valence-corrected chi connectivity index (χ4v) is 1.62. The zero-order valence-corrected chi connectivity index (χ0v) is 11.5. The molecule has 0 saturated carbocycles. The SMILES string of the molecule is CCCNCCOc1cccc(C(=O)C(C)C)c1. The molecular formula is C15H23NO2. The first kappa shape index (κ1) is 14.7. The first-order valence-corrected chi connectivity index (χ1v) is 6.63. The van der Waals surface area contributed by atoms with Crippen LogP contribution in [0.4, 0.5) is 0 Å². The van der Waals surface area contributed by atoms with E-state index in [0.717, 1.165) is 30.8 Å². The van der Waals surface area contributed by atoms with Crippen LogP contribution in [0.2, 0.25) is 0 Å². The number of ether oxygens (including phenoxy) is 1. The first-order chi connectivity index (χ1) is 8.65. The van der Waals surface area contributed by atoms with Crippen molar-refractivity contribution < 1.29 is 9.53 Å². The highest BCUT2D eigenvalue weighted by Crippen LogP contribution is 2.16. The Kier molecular flexibility index (Phi) is 6.44. The van der Waals surface area contributed by atoms with Crippen LogP contribution in [0, 0.1) is 5.92 Å². The average molecular weight is 249 g/mol. The van der Waals surface area contributed by atoms with Crippen molar-refractivity contribution in [1.29, 1.82) is 0 Å². The minimum Gasteiger partial charge on any atom is -0.492 e. The molecule has 1 rings (SSSR count). The van der Waals surface area contributed by atoms with Crippen molar-refractivity contribution in [2.24, 2.45) is 5.92 Å². The maximum absolute atomic E-state index is 11.8. The molecule has 1 aromatic rings. The average Bonchev–Trinajstić information content (AvgIpc) is 2.38. The van der Waals surface area contributed by atoms with Gasteiger partial charge >= 0.3 is 0 Å². The van der Waals surface area contributed by atoms with Crippen molar-refractivity contribution >= 4 is 5.78 Å². The third-order valence-electron chi connectivity index (χ3n) is 2.62. The molecular weight excluding hydrogens is 226 g/mol. The van der Waals surface area contributed by atoms with E-state index in [2.05, 4.69) is 12.2 Å². The second-order valence-corrected chi connectivity index (χ2v) is 4.65. The number of carbonyl (C=O) groups excluding carboxylic acids is 1. The van der Waals surface area contributed by atoms with E-state index in [1.807, 2.05) is 38.1 Å². The predicted molar refractivity (Wildman–Crippen MR) is 74.3 cm³/mol. The van der Waals surface area contributed by atoms with Crippen LogP contribution in [0.3, 0.4) is 0 Å². The zero-order valence-electron chi connectivity index (χ0n) is 11.5. The Balaban J connectivity index is 2.47. The summed E-state index contributed by atoms with van der Waals surface area (Å²) in [6, 6.07) is 7.41. The summed E-state index contributed by atoms with van der Waals surface area (Å²) in [5.74, 6) is 0.941. The van der Waals surface area contributed by atoms with Gasteiger partial charge in [-0.1, -0.05) is 32.9 Å². The Bertz CT molecular complexity index is 375. The van der Waals surface area contributed by atoms with Gasteiger partial charge in [-0.3, -0.25) is 4.79 Å². The van der Waals surface area contributed by atoms with E-state index >= 15 is 0 Å². The topological polar surface area (TPSA) is 38.3 Å². The van der Waals surface area contributed by atoms with Crippen molar-refractivity contribution in [3.63, 3.8) is 0 Å². The molecule has 0 saturated heterocycles. The van der Waals surface area contributed by atoms with Crippen molar-refractivity contribution in [3.05, 3.63) is 29.8 Å². The van der Waals surface area contributed by atoms with Crippen LogP contribution in [0.5, 0.6) is 5.75 Å². The summed E-state index contributed by atoms with van der Waals surface area (Å²) in [4.78, 5) is 11.8. The van der Waals surface area contributed by atoms with Crippen LogP contribution >= 0.6 is 0 Å². The molecule has 0 atom stereocenters. The third-order valence-corrected chi connectivity index (χ3v) is 2.62. The molecule has 0 aromatic heterocycles. The lowest BCUT2D eigenvalue weighted by Crippen LogP contribution is -2.21. The molecule has 0 radical (unpaired) electrons. The molecule has 0 bridgehead atoms. The van der Waals surface area contributed by atoms with Crippen LogP contribution < -0.4 is 10.1 Å². The lowest BCUT2D eigenvalue weighted by molar-refractivity contribution is 0.0939. The molecule has 0 spiro atoms. The van der Waals surface area contributed by atoms with Crippen molar-refractivity contribution in [2.45, 2.75) is 27.2 Å². The van der Waals surface area contributed by atoms with E-state index < -0.39 is 0 Å². The summed E-state index contributed by atoms with van der Waals surface area (Å²) in [5.41, 5.74) is 0.726. The van der Waals surface area contributed by atoms with Gasteiger partial charge in [0.15, 0.2) is 5.78 Å². The fourth-order valence-electron chi connectivity index (χ4n) is 1.62. The summed E-state index contributed by atoms with van der Waals surface area (Å²) < 4.78 is 5.61. The molecule has 0 aliphatic heterocycles. The molecule has 0 aliphatic rings. The molecule has 1 aromatic carbocycles. The van der Waals surface area contributed by atoms with Gasteiger partial charge in [-0.05, 0) is 25.1 Å². The summed E-state index contributed by atoms with van der Waals surface area (Å²) in [6.45, 7) is 8.41. The zero-order chi connectivity index (χ0) is 13.4. The Morgan fingerprint density at radius 3 is 2.78 bits per heavy atom. The summed E-state index contributed by atoms with van der Waals surface area (Å²) in [5, 5.41) is 3.27. The molecule has 3 heteroatoms. The molecule has 1 N–H and O–H groups in total. The van der Waals surface area contributed by atoms with Gasteiger partial charge in [0, 0.05) is 18.0 Å². The van der Waals surface area contributed by atoms with Gasteiger partial charge in [0.1, 0.15) is 12.4 Å². The maximum Gasteiger partial charge on any atom is 0.165 e. The first-order valence-electron chi connectivity index (χ1n) is 6.63. The van der Waals surface area contributed by atoms with E-state index in [1.165, 1.54) is 0 Å². The van der Waals surface area contributed by atoms with Gasteiger partial charge < -0.3 is 10.1 Å². The van der Waals surface area contributed by atoms with Crippen LogP contribution in [0.25, 0.3) is 0 Å². The highest BCUT2D eigenvalue weighted by Gasteiger charge is 2.10. The van der Waals surface area contributed by atoms with Crippen molar-refractivity contribution in [2.75, 3.05) is 19.7 Å². The number of nitrogens with one attached hydrogen (secondary N) is 1. The summed E-state index contributed by atoms with van der Waals surface area (Å²) in [6.07, 6.45) is 1.12. The molecule has 0 aliphatic carbocycles. The monoisotopic (exact) mass is 249 g/mol. The van der Waals surface area contributed by atoms with Gasteiger partial charge in [-0.15, -0.1) is 0 Å². The molecule has 0 heterocycles. The molecule has 0 amide bonds. The quantitative estimate of drug-likeness (QED) is 0.568. The van der Waals surface area contributed by atoms with E-state index in [4.69, 9.17) is 4.74 Å². The second kappa shape index (κ2) is 7.88. The van der Waals surface area contributed by atoms with Crippen molar-refractivity contribution in [3.8, 4) is 5.75 Å². The third kappa shape index (κ3) is 4.88. The highest BCUT2D eigenvalue weighted by atomic mass is 16.5. The smallest absolute Gasteiger partial charge is 0.165 e. The fraction of sp³-hybridized carbons (Fsp3) is 0.533. The number of hydrogen-bond acceptors (Lipinski definition) is 3. The lowest BCUT2D eigenvalue weighted by atomic mass is 10.0. The van der Waals surface area contributed by atoms with E-state index in [0.29, 0.717) is 6.61 Å². The normalized spacial score (nSPS) is 10.7. The van der Waals surface area contributed by atoms with Crippen LogP contribution in [0.15, 0.2) is 24.3 Å². The van der Waals surface area contributed by atoms with Crippen molar-refractivity contribution in [1.82, 2.24) is 5.32 Å². The van der Waals surface area contributed by atoms with Gasteiger partial charge in [-0.2, -0.15) is 0 Å². The van der Waals surface area contributed by atoms with Crippen LogP contribution in [-0.4, -0.2) is 25.5 Å². The number of ketones is 1. The van der Waals surface area contributed by atoms with Gasteiger partial charge in [0.05, 0.1) is 0 Å². The molecule has 100 valence electrons. The predicted octanol–water partition coefficient (Wildman–Crippen LogP) is 2.90. The summed E-state index contributed by atoms with van der Waals surface area (Å²) in [7, 11) is 0. The Morgan fingerprint density at radius 2 is 2.11 bits per heavy atom. The highest BCUT2D eigenvalue weighted by molar-refractivity contribution is 5.97. The minimum atomic E-state index is 0.0199. The molecule has 3 nitrogen and oxygen atoms in total. The van der Waals surface area contributed by atoms with Gasteiger partial charge in [0.2, 0.25) is 0 Å². The van der Waals surface area contributed by atoms with E-state index in [1.54, 1.807) is 0 Å². The summed E-state index contributed by atoms with van der Waals surface area (Å²) >= 11 is 0. The van der Waals surface area contributed by atoms with Gasteiger partial charge in [0.25, 0.3) is 0 Å². The number of Topliss-reactive ketones (excluding diaryl/α,β-unsaturated/α-hetero) is 1. The minimum absolute atomic E-state index is 0.0199. The van der Waals surface area contributed by atoms with E-state index in [-0.39, 0.29) is 11.7 Å². The molecule has 0 fully saturated rings. The standard InChI is InChI=1S/C15H23NO2/c1-4-8-16-9-10-18-14-7-5-6-13(11-14)15(17)12(2)3/h5-7,11-12,16H,4,8-10H2,1-3H3. The lowest BCUT2D eigenvalue weighted by Gasteiger charge is -2.09.